The van der Waals surface area contributed by atoms with Crippen LogP contribution in [-0.4, -0.2) is 43.9 Å². The van der Waals surface area contributed by atoms with Crippen molar-refractivity contribution in [3.63, 3.8) is 0 Å². The van der Waals surface area contributed by atoms with Crippen LogP contribution in [0.2, 0.25) is 0 Å². The average molecular weight is 673 g/mol. The van der Waals surface area contributed by atoms with Crippen molar-refractivity contribution in [1.82, 2.24) is 4.90 Å². The molecule has 1 aliphatic rings. The first-order chi connectivity index (χ1) is 22.5. The van der Waals surface area contributed by atoms with E-state index >= 15 is 0 Å². The third-order valence-corrected chi connectivity index (χ3v) is 10.2. The van der Waals surface area contributed by atoms with Gasteiger partial charge in [-0.3, -0.25) is 0 Å². The minimum absolute atomic E-state index is 0. The minimum Gasteiger partial charge on any atom is -0.493 e. The lowest BCUT2D eigenvalue weighted by atomic mass is 9.73. The van der Waals surface area contributed by atoms with Gasteiger partial charge >= 0.3 is 0 Å². The molecule has 1 saturated heterocycles. The zero-order valence-corrected chi connectivity index (χ0v) is 30.3. The van der Waals surface area contributed by atoms with Crippen molar-refractivity contribution in [2.24, 2.45) is 5.92 Å². The highest BCUT2D eigenvalue weighted by Gasteiger charge is 2.32. The molecule has 3 rings (SSSR count). The number of likely N-dealkylation sites (tertiary alicyclic amines) is 1. The van der Waals surface area contributed by atoms with Gasteiger partial charge < -0.3 is 19.5 Å². The van der Waals surface area contributed by atoms with Crippen molar-refractivity contribution in [1.29, 1.82) is 5.26 Å². The lowest BCUT2D eigenvalue weighted by molar-refractivity contribution is 0.0583. The second-order valence-corrected chi connectivity index (χ2v) is 13.5. The largest absolute Gasteiger partial charge is 0.493 e. The Morgan fingerprint density at radius 1 is 0.809 bits per heavy atom. The number of halogens is 2. The first-order valence-electron chi connectivity index (χ1n) is 18.3. The number of aliphatic hydroxyl groups is 1. The van der Waals surface area contributed by atoms with Crippen LogP contribution in [0.15, 0.2) is 42.5 Å². The summed E-state index contributed by atoms with van der Waals surface area (Å²) in [5.41, 5.74) is 1.36. The smallest absolute Gasteiger partial charge is 0.161 e. The summed E-state index contributed by atoms with van der Waals surface area (Å²) in [6, 6.07) is 15.1. The molecule has 1 heterocycles. The Balaban J connectivity index is 0.00000768. The van der Waals surface area contributed by atoms with Gasteiger partial charge in [-0.1, -0.05) is 109 Å². The maximum atomic E-state index is 13.3. The maximum absolute atomic E-state index is 13.3. The van der Waals surface area contributed by atoms with Gasteiger partial charge in [-0.15, -0.1) is 12.4 Å². The number of nitriles is 1. The molecule has 0 aliphatic carbocycles. The Bertz CT molecular complexity index is 1150. The molecule has 0 aromatic heterocycles. The van der Waals surface area contributed by atoms with E-state index in [0.717, 1.165) is 88.5 Å². The Hall–Kier alpha value is -2.33. The quantitative estimate of drug-likeness (QED) is 0.119. The maximum Gasteiger partial charge on any atom is 0.161 e. The number of ether oxygens (including phenoxy) is 2. The molecule has 2 aromatic carbocycles. The molecule has 0 amide bonds. The summed E-state index contributed by atoms with van der Waals surface area (Å²) in [7, 11) is 3.31. The normalized spacial score (nSPS) is 15.7. The van der Waals surface area contributed by atoms with E-state index in [1.807, 2.05) is 12.1 Å². The SMILES string of the molecule is CCCCCCCCCCCCC(C#N)(CCCCCCN1CCC(C(O)c2ccc(F)cc2)CC1)c1ccc(OC)c(OC)c1.Cl. The molecule has 0 spiro atoms. The average Bonchev–Trinajstić information content (AvgIpc) is 3.09. The van der Waals surface area contributed by atoms with Gasteiger partial charge in [0.05, 0.1) is 31.8 Å². The lowest BCUT2D eigenvalue weighted by Crippen LogP contribution is -2.36. The predicted molar refractivity (Wildman–Crippen MR) is 194 cm³/mol. The van der Waals surface area contributed by atoms with Crippen molar-refractivity contribution >= 4 is 12.4 Å². The van der Waals surface area contributed by atoms with E-state index in [-0.39, 0.29) is 24.1 Å². The van der Waals surface area contributed by atoms with Crippen molar-refractivity contribution in [2.75, 3.05) is 33.9 Å². The Labute approximate surface area is 291 Å². The van der Waals surface area contributed by atoms with Gasteiger partial charge in [0.25, 0.3) is 0 Å². The molecule has 2 atom stereocenters. The van der Waals surface area contributed by atoms with E-state index in [0.29, 0.717) is 11.5 Å². The van der Waals surface area contributed by atoms with Crippen LogP contribution < -0.4 is 9.47 Å². The second-order valence-electron chi connectivity index (χ2n) is 13.5. The second kappa shape index (κ2) is 23.1. The van der Waals surface area contributed by atoms with Gasteiger partial charge in [0.15, 0.2) is 11.5 Å². The molecule has 0 bridgehead atoms. The molecule has 47 heavy (non-hydrogen) atoms. The molecule has 1 fully saturated rings. The summed E-state index contributed by atoms with van der Waals surface area (Å²) in [4.78, 5) is 2.52. The number of rotatable bonds is 23. The number of unbranched alkanes of at least 4 members (excludes halogenated alkanes) is 12. The van der Waals surface area contributed by atoms with Crippen molar-refractivity contribution in [2.45, 2.75) is 134 Å². The molecule has 0 saturated carbocycles. The van der Waals surface area contributed by atoms with E-state index in [1.165, 1.54) is 69.9 Å². The van der Waals surface area contributed by atoms with Gasteiger partial charge in [-0.2, -0.15) is 5.26 Å². The molecule has 5 nitrogen and oxygen atoms in total. The fourth-order valence-electron chi connectivity index (χ4n) is 7.18. The highest BCUT2D eigenvalue weighted by Crippen LogP contribution is 2.40. The topological polar surface area (TPSA) is 65.7 Å². The van der Waals surface area contributed by atoms with Crippen LogP contribution in [0.4, 0.5) is 4.39 Å². The minimum atomic E-state index is -0.519. The van der Waals surface area contributed by atoms with Gasteiger partial charge in [0, 0.05) is 0 Å². The van der Waals surface area contributed by atoms with Crippen LogP contribution in [0.1, 0.15) is 140 Å². The van der Waals surface area contributed by atoms with Gasteiger partial charge in [-0.05, 0) is 93.0 Å². The monoisotopic (exact) mass is 672 g/mol. The van der Waals surface area contributed by atoms with Gasteiger partial charge in [0.2, 0.25) is 0 Å². The molecule has 7 heteroatoms. The van der Waals surface area contributed by atoms with Crippen LogP contribution in [0.3, 0.4) is 0 Å². The van der Waals surface area contributed by atoms with Crippen LogP contribution >= 0.6 is 12.4 Å². The number of nitrogens with zero attached hydrogens (tertiary/aromatic N) is 2. The third-order valence-electron chi connectivity index (χ3n) is 10.2. The zero-order valence-electron chi connectivity index (χ0n) is 29.5. The van der Waals surface area contributed by atoms with E-state index in [4.69, 9.17) is 9.47 Å². The van der Waals surface area contributed by atoms with Crippen LogP contribution in [0.25, 0.3) is 0 Å². The number of benzene rings is 2. The molecule has 2 unspecified atom stereocenters. The summed E-state index contributed by atoms with van der Waals surface area (Å²) in [5.74, 6) is 1.36. The molecule has 2 aromatic rings. The highest BCUT2D eigenvalue weighted by atomic mass is 35.5. The van der Waals surface area contributed by atoms with E-state index in [9.17, 15) is 14.8 Å². The molecule has 264 valence electrons. The van der Waals surface area contributed by atoms with Crippen LogP contribution in [-0.2, 0) is 5.41 Å². The van der Waals surface area contributed by atoms with Crippen molar-refractivity contribution < 1.29 is 19.0 Å². The summed E-state index contributed by atoms with van der Waals surface area (Å²) in [6.45, 7) is 5.34. The molecule has 0 radical (unpaired) electrons. The van der Waals surface area contributed by atoms with Gasteiger partial charge in [-0.25, -0.2) is 4.39 Å². The number of aliphatic hydroxyl groups excluding tert-OH is 1. The predicted octanol–water partition coefficient (Wildman–Crippen LogP) is 10.7. The van der Waals surface area contributed by atoms with Crippen molar-refractivity contribution in [3.8, 4) is 17.6 Å². The Morgan fingerprint density at radius 2 is 1.34 bits per heavy atom. The first-order valence-corrected chi connectivity index (χ1v) is 18.3. The molecule has 1 aliphatic heterocycles. The molecular weight excluding hydrogens is 611 g/mol. The number of hydrogen-bond acceptors (Lipinski definition) is 5. The van der Waals surface area contributed by atoms with Gasteiger partial charge in [0.1, 0.15) is 5.82 Å². The fraction of sp³-hybridized carbons (Fsp3) is 0.675. The number of methoxy groups -OCH3 is 2. The first kappa shape index (κ1) is 40.8. The van der Waals surface area contributed by atoms with Crippen molar-refractivity contribution in [3.05, 3.63) is 59.4 Å². The summed E-state index contributed by atoms with van der Waals surface area (Å²) >= 11 is 0. The Kier molecular flexibility index (Phi) is 20.1. The van der Waals surface area contributed by atoms with Crippen LogP contribution in [0.5, 0.6) is 11.5 Å². The lowest BCUT2D eigenvalue weighted by Gasteiger charge is -2.34. The number of piperidine rings is 1. The van der Waals surface area contributed by atoms with E-state index < -0.39 is 11.5 Å². The summed E-state index contributed by atoms with van der Waals surface area (Å²) in [5, 5.41) is 21.4. The van der Waals surface area contributed by atoms with Crippen LogP contribution in [0, 0.1) is 23.1 Å². The third kappa shape index (κ3) is 13.6. The van der Waals surface area contributed by atoms with E-state index in [2.05, 4.69) is 24.0 Å². The fourth-order valence-corrected chi connectivity index (χ4v) is 7.18. The molecular formula is C40H62ClFN2O3. The Morgan fingerprint density at radius 3 is 1.87 bits per heavy atom. The summed E-state index contributed by atoms with van der Waals surface area (Å²) < 4.78 is 24.4. The summed E-state index contributed by atoms with van der Waals surface area (Å²) in [6.07, 6.45) is 20.5. The highest BCUT2D eigenvalue weighted by molar-refractivity contribution is 5.85. The number of hydrogen-bond donors (Lipinski definition) is 1. The molecule has 1 N–H and O–H groups in total. The zero-order chi connectivity index (χ0) is 33.0. The standard InChI is InChI=1S/C40H61FN2O3.ClH/c1-4-5-6-7-8-9-10-11-12-15-26-40(32-42,35-20-23-37(45-2)38(31-35)46-3)27-16-13-14-17-28-43-29-24-34(25-30-43)39(44)33-18-21-36(41)22-19-33;/h18-23,31,34,39,44H,4-17,24-30H2,1-3H3;1H. The van der Waals surface area contributed by atoms with E-state index in [1.54, 1.807) is 26.4 Å².